The van der Waals surface area contributed by atoms with Crippen molar-refractivity contribution in [3.63, 3.8) is 0 Å². The quantitative estimate of drug-likeness (QED) is 0.678. The summed E-state index contributed by atoms with van der Waals surface area (Å²) in [6, 6.07) is 16.8. The Morgan fingerprint density at radius 2 is 1.74 bits per heavy atom. The van der Waals surface area contributed by atoms with E-state index in [4.69, 9.17) is 9.26 Å². The summed E-state index contributed by atoms with van der Waals surface area (Å²) in [6.45, 7) is 6.11. The van der Waals surface area contributed by atoms with E-state index in [0.29, 0.717) is 23.0 Å². The van der Waals surface area contributed by atoms with E-state index >= 15 is 0 Å². The van der Waals surface area contributed by atoms with Crippen molar-refractivity contribution in [2.45, 2.75) is 32.9 Å². The zero-order valence-electron chi connectivity index (χ0n) is 16.0. The van der Waals surface area contributed by atoms with E-state index < -0.39 is 5.54 Å². The molecule has 6 heteroatoms. The fourth-order valence-electron chi connectivity index (χ4n) is 2.74. The standard InChI is InChI=1S/C21H23N3O3/c1-21(2,3)24(20(25)16-12-8-9-13-17(16)26-4)14-18-22-19(23-27-18)15-10-6-5-7-11-15/h5-13H,14H2,1-4H3. The third kappa shape index (κ3) is 4.16. The summed E-state index contributed by atoms with van der Waals surface area (Å²) in [5, 5.41) is 4.04. The van der Waals surface area contributed by atoms with E-state index in [1.165, 1.54) is 0 Å². The van der Waals surface area contributed by atoms with Gasteiger partial charge in [-0.25, -0.2) is 0 Å². The summed E-state index contributed by atoms with van der Waals surface area (Å²) >= 11 is 0. The number of rotatable bonds is 5. The van der Waals surface area contributed by atoms with Crippen LogP contribution < -0.4 is 4.74 Å². The van der Waals surface area contributed by atoms with Gasteiger partial charge in [0.2, 0.25) is 11.7 Å². The van der Waals surface area contributed by atoms with Crippen molar-refractivity contribution in [2.75, 3.05) is 7.11 Å². The molecular weight excluding hydrogens is 342 g/mol. The van der Waals surface area contributed by atoms with Gasteiger partial charge in [-0.15, -0.1) is 0 Å². The number of ether oxygens (including phenoxy) is 1. The SMILES string of the molecule is COc1ccccc1C(=O)N(Cc1nc(-c2ccccc2)no1)C(C)(C)C. The number of hydrogen-bond acceptors (Lipinski definition) is 5. The molecule has 0 aliphatic rings. The molecule has 0 fully saturated rings. The van der Waals surface area contributed by atoms with Crippen molar-refractivity contribution in [3.8, 4) is 17.1 Å². The smallest absolute Gasteiger partial charge is 0.258 e. The van der Waals surface area contributed by atoms with Crippen LogP contribution in [0.25, 0.3) is 11.4 Å². The lowest BCUT2D eigenvalue weighted by Crippen LogP contribution is -2.45. The molecule has 27 heavy (non-hydrogen) atoms. The molecule has 0 unspecified atom stereocenters. The molecule has 0 aliphatic heterocycles. The van der Waals surface area contributed by atoms with E-state index in [2.05, 4.69) is 10.1 Å². The van der Waals surface area contributed by atoms with Gasteiger partial charge in [0.15, 0.2) is 0 Å². The molecule has 0 atom stereocenters. The summed E-state index contributed by atoms with van der Waals surface area (Å²) in [6.07, 6.45) is 0. The maximum Gasteiger partial charge on any atom is 0.258 e. The van der Waals surface area contributed by atoms with Crippen LogP contribution in [0.1, 0.15) is 37.0 Å². The van der Waals surface area contributed by atoms with Crippen molar-refractivity contribution >= 4 is 5.91 Å². The van der Waals surface area contributed by atoms with Crippen LogP contribution in [0, 0.1) is 0 Å². The minimum Gasteiger partial charge on any atom is -0.496 e. The molecule has 0 N–H and O–H groups in total. The molecule has 140 valence electrons. The van der Waals surface area contributed by atoms with Crippen LogP contribution in [-0.2, 0) is 6.54 Å². The number of hydrogen-bond donors (Lipinski definition) is 0. The average Bonchev–Trinajstić information content (AvgIpc) is 3.14. The van der Waals surface area contributed by atoms with E-state index in [1.54, 1.807) is 24.1 Å². The number of nitrogens with zero attached hydrogens (tertiary/aromatic N) is 3. The largest absolute Gasteiger partial charge is 0.496 e. The van der Waals surface area contributed by atoms with E-state index in [0.717, 1.165) is 5.56 Å². The highest BCUT2D eigenvalue weighted by Gasteiger charge is 2.30. The van der Waals surface area contributed by atoms with Crippen LogP contribution in [0.15, 0.2) is 59.1 Å². The first-order valence-electron chi connectivity index (χ1n) is 8.73. The second-order valence-electron chi connectivity index (χ2n) is 7.14. The topological polar surface area (TPSA) is 68.5 Å². The lowest BCUT2D eigenvalue weighted by Gasteiger charge is -2.35. The monoisotopic (exact) mass is 365 g/mol. The second-order valence-corrected chi connectivity index (χ2v) is 7.14. The molecular formula is C21H23N3O3. The van der Waals surface area contributed by atoms with Crippen molar-refractivity contribution in [1.29, 1.82) is 0 Å². The van der Waals surface area contributed by atoms with Gasteiger partial charge < -0.3 is 14.2 Å². The van der Waals surface area contributed by atoms with E-state index in [1.807, 2.05) is 63.2 Å². The minimum absolute atomic E-state index is 0.153. The first kappa shape index (κ1) is 18.6. The zero-order valence-corrected chi connectivity index (χ0v) is 16.0. The second kappa shape index (κ2) is 7.61. The zero-order chi connectivity index (χ0) is 19.4. The lowest BCUT2D eigenvalue weighted by atomic mass is 10.0. The molecule has 6 nitrogen and oxygen atoms in total. The van der Waals surface area contributed by atoms with Crippen molar-refractivity contribution in [2.24, 2.45) is 0 Å². The molecule has 0 aliphatic carbocycles. The van der Waals surface area contributed by atoms with Gasteiger partial charge in [0.1, 0.15) is 12.3 Å². The number of benzene rings is 2. The number of aromatic nitrogens is 2. The lowest BCUT2D eigenvalue weighted by molar-refractivity contribution is 0.0523. The summed E-state index contributed by atoms with van der Waals surface area (Å²) in [5.74, 6) is 1.27. The van der Waals surface area contributed by atoms with Crippen molar-refractivity contribution in [1.82, 2.24) is 15.0 Å². The van der Waals surface area contributed by atoms with Gasteiger partial charge in [-0.05, 0) is 32.9 Å². The maximum atomic E-state index is 13.2. The van der Waals surface area contributed by atoms with Crippen LogP contribution >= 0.6 is 0 Å². The molecule has 0 radical (unpaired) electrons. The molecule has 0 saturated carbocycles. The van der Waals surface area contributed by atoms with Gasteiger partial charge in [-0.3, -0.25) is 4.79 Å². The molecule has 3 rings (SSSR count). The van der Waals surface area contributed by atoms with Gasteiger partial charge in [0.05, 0.1) is 12.7 Å². The first-order chi connectivity index (χ1) is 12.9. The minimum atomic E-state index is -0.445. The van der Waals surface area contributed by atoms with Gasteiger partial charge in [-0.1, -0.05) is 47.6 Å². The normalized spacial score (nSPS) is 11.3. The molecule has 1 heterocycles. The Balaban J connectivity index is 1.89. The molecule has 1 amide bonds. The summed E-state index contributed by atoms with van der Waals surface area (Å²) in [7, 11) is 1.55. The number of carbonyl (C=O) groups is 1. The van der Waals surface area contributed by atoms with Crippen molar-refractivity contribution < 1.29 is 14.1 Å². The fourth-order valence-corrected chi connectivity index (χ4v) is 2.74. The average molecular weight is 365 g/mol. The van der Waals surface area contributed by atoms with Gasteiger partial charge >= 0.3 is 0 Å². The molecule has 3 aromatic rings. The highest BCUT2D eigenvalue weighted by atomic mass is 16.5. The predicted octanol–water partition coefficient (Wildman–Crippen LogP) is 4.19. The number of amides is 1. The number of carbonyl (C=O) groups excluding carboxylic acids is 1. The molecule has 0 bridgehead atoms. The van der Waals surface area contributed by atoms with Crippen LogP contribution in [0.5, 0.6) is 5.75 Å². The molecule has 0 saturated heterocycles. The predicted molar refractivity (Wildman–Crippen MR) is 102 cm³/mol. The Morgan fingerprint density at radius 3 is 2.41 bits per heavy atom. The highest BCUT2D eigenvalue weighted by Crippen LogP contribution is 2.26. The van der Waals surface area contributed by atoms with E-state index in [-0.39, 0.29) is 12.5 Å². The van der Waals surface area contributed by atoms with Gasteiger partial charge in [0.25, 0.3) is 5.91 Å². The van der Waals surface area contributed by atoms with Crippen LogP contribution in [0.2, 0.25) is 0 Å². The van der Waals surface area contributed by atoms with Gasteiger partial charge in [-0.2, -0.15) is 4.98 Å². The summed E-state index contributed by atoms with van der Waals surface area (Å²) < 4.78 is 10.7. The third-order valence-corrected chi connectivity index (χ3v) is 4.19. The maximum absolute atomic E-state index is 13.2. The Hall–Kier alpha value is -3.15. The van der Waals surface area contributed by atoms with Crippen LogP contribution in [0.4, 0.5) is 0 Å². The van der Waals surface area contributed by atoms with Crippen molar-refractivity contribution in [3.05, 3.63) is 66.1 Å². The van der Waals surface area contributed by atoms with Crippen LogP contribution in [-0.4, -0.2) is 33.6 Å². The number of para-hydroxylation sites is 1. The number of methoxy groups -OCH3 is 1. The Labute approximate surface area is 158 Å². The van der Waals surface area contributed by atoms with Crippen LogP contribution in [0.3, 0.4) is 0 Å². The summed E-state index contributed by atoms with van der Waals surface area (Å²) in [5.41, 5.74) is 0.919. The fraction of sp³-hybridized carbons (Fsp3) is 0.286. The summed E-state index contributed by atoms with van der Waals surface area (Å²) in [4.78, 5) is 19.4. The molecule has 2 aromatic carbocycles. The Morgan fingerprint density at radius 1 is 1.07 bits per heavy atom. The van der Waals surface area contributed by atoms with Gasteiger partial charge in [0, 0.05) is 11.1 Å². The first-order valence-corrected chi connectivity index (χ1v) is 8.73. The molecule has 0 spiro atoms. The third-order valence-electron chi connectivity index (χ3n) is 4.19. The Bertz CT molecular complexity index is 914. The van der Waals surface area contributed by atoms with E-state index in [9.17, 15) is 4.79 Å². The molecule has 1 aromatic heterocycles. The highest BCUT2D eigenvalue weighted by molar-refractivity contribution is 5.97. The Kier molecular flexibility index (Phi) is 5.26.